The van der Waals surface area contributed by atoms with Crippen LogP contribution in [-0.4, -0.2) is 23.2 Å². The minimum Gasteiger partial charge on any atom is -0.481 e. The van der Waals surface area contributed by atoms with Crippen LogP contribution in [0.5, 0.6) is 5.75 Å². The summed E-state index contributed by atoms with van der Waals surface area (Å²) in [4.78, 5) is 11.6. The zero-order valence-electron chi connectivity index (χ0n) is 11.6. The van der Waals surface area contributed by atoms with Gasteiger partial charge in [-0.15, -0.1) is 0 Å². The third-order valence-electron chi connectivity index (χ3n) is 2.54. The Balaban J connectivity index is 2.72. The van der Waals surface area contributed by atoms with Crippen LogP contribution < -0.4 is 10.1 Å². The topological polar surface area (TPSA) is 58.6 Å². The van der Waals surface area contributed by atoms with Crippen LogP contribution in [0.15, 0.2) is 18.2 Å². The van der Waals surface area contributed by atoms with Gasteiger partial charge >= 0.3 is 0 Å². The number of nitrogens with one attached hydrogen (secondary N) is 1. The van der Waals surface area contributed by atoms with Gasteiger partial charge in [0.15, 0.2) is 6.10 Å². The minimum atomic E-state index is -0.879. The van der Waals surface area contributed by atoms with Crippen LogP contribution in [-0.2, 0) is 4.79 Å². The molecule has 0 aromatic heterocycles. The molecule has 0 fully saturated rings. The standard InChI is InChI=1S/C14H20FNO3/c1-8(2)16-14(18)10(4)19-11-5-6-12(9(3)17)13(15)7-11/h5-10,17H,1-4H3,(H,16,18)/t9-,10?/m0/s1. The zero-order valence-corrected chi connectivity index (χ0v) is 11.6. The summed E-state index contributed by atoms with van der Waals surface area (Å²) in [7, 11) is 0. The molecule has 1 rings (SSSR count). The molecular weight excluding hydrogens is 249 g/mol. The van der Waals surface area contributed by atoms with Gasteiger partial charge in [-0.2, -0.15) is 0 Å². The van der Waals surface area contributed by atoms with Crippen LogP contribution in [0, 0.1) is 5.82 Å². The predicted octanol–water partition coefficient (Wildman–Crippen LogP) is 2.17. The molecule has 19 heavy (non-hydrogen) atoms. The molecular formula is C14H20FNO3. The number of aliphatic hydroxyl groups excluding tert-OH is 1. The fraction of sp³-hybridized carbons (Fsp3) is 0.500. The second kappa shape index (κ2) is 6.52. The molecule has 1 aromatic carbocycles. The number of benzene rings is 1. The monoisotopic (exact) mass is 269 g/mol. The minimum absolute atomic E-state index is 0.0212. The SMILES string of the molecule is CC(C)NC(=O)C(C)Oc1ccc([C@H](C)O)c(F)c1. The number of amides is 1. The Morgan fingerprint density at radius 2 is 1.95 bits per heavy atom. The number of aliphatic hydroxyl groups is 1. The number of ether oxygens (including phenoxy) is 1. The van der Waals surface area contributed by atoms with Crippen LogP contribution in [0.1, 0.15) is 39.4 Å². The Hall–Kier alpha value is -1.62. The first kappa shape index (κ1) is 15.4. The van der Waals surface area contributed by atoms with E-state index in [9.17, 15) is 14.3 Å². The van der Waals surface area contributed by atoms with E-state index < -0.39 is 18.0 Å². The van der Waals surface area contributed by atoms with Crippen molar-refractivity contribution in [2.24, 2.45) is 0 Å². The maximum Gasteiger partial charge on any atom is 0.260 e. The molecule has 106 valence electrons. The van der Waals surface area contributed by atoms with Crippen molar-refractivity contribution >= 4 is 5.91 Å². The average Bonchev–Trinajstić information content (AvgIpc) is 2.27. The van der Waals surface area contributed by atoms with E-state index in [0.717, 1.165) is 0 Å². The van der Waals surface area contributed by atoms with Crippen molar-refractivity contribution in [2.45, 2.75) is 45.9 Å². The van der Waals surface area contributed by atoms with E-state index in [1.807, 2.05) is 13.8 Å². The lowest BCUT2D eigenvalue weighted by atomic mass is 10.1. The molecule has 0 radical (unpaired) electrons. The van der Waals surface area contributed by atoms with Crippen molar-refractivity contribution in [3.63, 3.8) is 0 Å². The molecule has 2 N–H and O–H groups in total. The Labute approximate surface area is 112 Å². The third kappa shape index (κ3) is 4.52. The molecule has 1 unspecified atom stereocenters. The first-order valence-electron chi connectivity index (χ1n) is 6.25. The fourth-order valence-corrected chi connectivity index (χ4v) is 1.58. The van der Waals surface area contributed by atoms with E-state index in [1.165, 1.54) is 25.1 Å². The van der Waals surface area contributed by atoms with Crippen molar-refractivity contribution in [2.75, 3.05) is 0 Å². The fourth-order valence-electron chi connectivity index (χ4n) is 1.58. The summed E-state index contributed by atoms with van der Waals surface area (Å²) in [6, 6.07) is 4.17. The van der Waals surface area contributed by atoms with Crippen LogP contribution in [0.4, 0.5) is 4.39 Å². The number of hydrogen-bond donors (Lipinski definition) is 2. The lowest BCUT2D eigenvalue weighted by Crippen LogP contribution is -2.40. The van der Waals surface area contributed by atoms with Crippen LogP contribution in [0.3, 0.4) is 0 Å². The van der Waals surface area contributed by atoms with Crippen molar-refractivity contribution in [1.29, 1.82) is 0 Å². The molecule has 5 heteroatoms. The summed E-state index contributed by atoms with van der Waals surface area (Å²) >= 11 is 0. The van der Waals surface area contributed by atoms with Gasteiger partial charge < -0.3 is 15.2 Å². The van der Waals surface area contributed by atoms with E-state index in [-0.39, 0.29) is 23.3 Å². The Bertz CT molecular complexity index is 446. The number of halogens is 1. The van der Waals surface area contributed by atoms with E-state index in [4.69, 9.17) is 4.74 Å². The lowest BCUT2D eigenvalue weighted by Gasteiger charge is -2.17. The molecule has 0 saturated heterocycles. The number of carbonyl (C=O) groups is 1. The quantitative estimate of drug-likeness (QED) is 0.861. The van der Waals surface area contributed by atoms with Crippen molar-refractivity contribution in [3.05, 3.63) is 29.6 Å². The highest BCUT2D eigenvalue weighted by Crippen LogP contribution is 2.22. The molecule has 0 bridgehead atoms. The number of carbonyl (C=O) groups excluding carboxylic acids is 1. The highest BCUT2D eigenvalue weighted by atomic mass is 19.1. The summed E-state index contributed by atoms with van der Waals surface area (Å²) < 4.78 is 19.0. The summed E-state index contributed by atoms with van der Waals surface area (Å²) in [6.45, 7) is 6.78. The maximum absolute atomic E-state index is 13.6. The van der Waals surface area contributed by atoms with Gasteiger partial charge in [-0.1, -0.05) is 0 Å². The summed E-state index contributed by atoms with van der Waals surface area (Å²) in [5.41, 5.74) is 0.201. The van der Waals surface area contributed by atoms with Gasteiger partial charge in [-0.3, -0.25) is 4.79 Å². The maximum atomic E-state index is 13.6. The van der Waals surface area contributed by atoms with Crippen molar-refractivity contribution < 1.29 is 19.0 Å². The molecule has 0 aliphatic heterocycles. The molecule has 0 spiro atoms. The van der Waals surface area contributed by atoms with Crippen LogP contribution in [0.2, 0.25) is 0 Å². The normalized spacial score (nSPS) is 14.1. The molecule has 1 amide bonds. The van der Waals surface area contributed by atoms with Gasteiger partial charge in [0.05, 0.1) is 6.10 Å². The second-order valence-electron chi connectivity index (χ2n) is 4.78. The first-order chi connectivity index (χ1) is 8.81. The molecule has 4 nitrogen and oxygen atoms in total. The summed E-state index contributed by atoms with van der Waals surface area (Å²) in [6.07, 6.45) is -1.59. The number of rotatable bonds is 5. The molecule has 0 saturated carbocycles. The highest BCUT2D eigenvalue weighted by Gasteiger charge is 2.16. The van der Waals surface area contributed by atoms with E-state index in [2.05, 4.69) is 5.32 Å². The van der Waals surface area contributed by atoms with Crippen molar-refractivity contribution in [1.82, 2.24) is 5.32 Å². The van der Waals surface area contributed by atoms with Gasteiger partial charge in [-0.05, 0) is 39.8 Å². The van der Waals surface area contributed by atoms with Gasteiger partial charge in [0.2, 0.25) is 0 Å². The highest BCUT2D eigenvalue weighted by molar-refractivity contribution is 5.80. The third-order valence-corrected chi connectivity index (χ3v) is 2.54. The molecule has 0 heterocycles. The van der Waals surface area contributed by atoms with Gasteiger partial charge in [-0.25, -0.2) is 4.39 Å². The lowest BCUT2D eigenvalue weighted by molar-refractivity contribution is -0.127. The molecule has 1 aromatic rings. The van der Waals surface area contributed by atoms with Crippen LogP contribution in [0.25, 0.3) is 0 Å². The Morgan fingerprint density at radius 1 is 1.32 bits per heavy atom. The summed E-state index contributed by atoms with van der Waals surface area (Å²) in [5.74, 6) is -0.549. The zero-order chi connectivity index (χ0) is 14.6. The van der Waals surface area contributed by atoms with E-state index in [1.54, 1.807) is 6.92 Å². The predicted molar refractivity (Wildman–Crippen MR) is 70.4 cm³/mol. The van der Waals surface area contributed by atoms with Crippen molar-refractivity contribution in [3.8, 4) is 5.75 Å². The molecule has 0 aliphatic carbocycles. The summed E-state index contributed by atoms with van der Waals surface area (Å²) in [5, 5.41) is 12.0. The number of hydrogen-bond acceptors (Lipinski definition) is 3. The molecule has 0 aliphatic rings. The largest absolute Gasteiger partial charge is 0.481 e. The van der Waals surface area contributed by atoms with Gasteiger partial charge in [0.1, 0.15) is 11.6 Å². The molecule has 2 atom stereocenters. The average molecular weight is 269 g/mol. The van der Waals surface area contributed by atoms with E-state index in [0.29, 0.717) is 0 Å². The van der Waals surface area contributed by atoms with Crippen LogP contribution >= 0.6 is 0 Å². The Kier molecular flexibility index (Phi) is 5.30. The van der Waals surface area contributed by atoms with Gasteiger partial charge in [0.25, 0.3) is 5.91 Å². The smallest absolute Gasteiger partial charge is 0.260 e. The Morgan fingerprint density at radius 3 is 2.42 bits per heavy atom. The second-order valence-corrected chi connectivity index (χ2v) is 4.78. The first-order valence-corrected chi connectivity index (χ1v) is 6.25. The van der Waals surface area contributed by atoms with Gasteiger partial charge in [0, 0.05) is 17.7 Å². The van der Waals surface area contributed by atoms with E-state index >= 15 is 0 Å².